The van der Waals surface area contributed by atoms with Gasteiger partial charge in [-0.1, -0.05) is 170 Å². The molecule has 0 N–H and O–H groups in total. The van der Waals surface area contributed by atoms with Crippen LogP contribution in [0.5, 0.6) is 0 Å². The summed E-state index contributed by atoms with van der Waals surface area (Å²) in [6.45, 7) is 28.1. The molecule has 8 aromatic carbocycles. The van der Waals surface area contributed by atoms with Gasteiger partial charge in [-0.25, -0.2) is 22.3 Å². The van der Waals surface area contributed by atoms with E-state index in [4.69, 9.17) is 0 Å². The molecular weight excluding hydrogens is 2680 g/mol. The predicted molar refractivity (Wildman–Crippen MR) is 272 cm³/mol. The maximum absolute atomic E-state index is 3.38. The van der Waals surface area contributed by atoms with Gasteiger partial charge >= 0.3 is 0 Å². The maximum Gasteiger partial charge on any atom is 0.0488 e. The van der Waals surface area contributed by atoms with Crippen LogP contribution in [0.2, 0.25) is 0 Å². The Hall–Kier alpha value is 18.4. The molecule has 1 nitrogen and oxygen atoms in total. The fourth-order valence-corrected chi connectivity index (χ4v) is 6.28. The Bertz CT molecular complexity index is 2490. The van der Waals surface area contributed by atoms with Gasteiger partial charge in [0.2, 0.25) is 0 Å². The van der Waals surface area contributed by atoms with Gasteiger partial charge < -0.3 is 4.57 Å². The summed E-state index contributed by atoms with van der Waals surface area (Å²) in [6, 6.07) is 67.7. The molecule has 82 heavy (non-hydrogen) atoms. The molecule has 23 heteroatoms. The van der Waals surface area contributed by atoms with Gasteiger partial charge in [0.25, 0.3) is 0 Å². The Labute approximate surface area is 1060 Å². The van der Waals surface area contributed by atoms with Crippen molar-refractivity contribution >= 4 is 43.4 Å². The first kappa shape index (κ1) is 161. The zero-order valence-electron chi connectivity index (χ0n) is 52.2. The van der Waals surface area contributed by atoms with Crippen LogP contribution in [-0.2, 0) is 727 Å². The van der Waals surface area contributed by atoms with Crippen molar-refractivity contribution in [3.63, 3.8) is 0 Å². The number of fused-ring (bicyclic) bond motifs is 5. The molecule has 0 spiro atoms. The standard InChI is InChI=1S/2C17H12.C13H11N.6C2H6.22Y/c1-13-6-4-9-15(12-13)17-11-5-8-14-7-2-3-10-16(14)17;1-13-9-11-15(12-10-13)17-8-4-6-14-5-2-3-7-16(14)17;1-14-12-8-4-2-6-10(12)11-7-3-5-9-13(11)14;6*1-2;;;;;;;;;;;;;;;;;;;;;;/h2-10H,1H3;2-7,9-11H,1H3;2-9H,1H3;6*1-2H3;;;;;;;;;;;;;;;;;;;;;;/q2*-2;;;;;;;;;;;;;;;;;;;;;;;;;;;;;. The molecule has 1 aromatic heterocycles. The summed E-state index contributed by atoms with van der Waals surface area (Å²) in [5, 5.41) is 7.63. The number of para-hydroxylation sites is 2. The van der Waals surface area contributed by atoms with Gasteiger partial charge in [0, 0.05) is 748 Å². The zero-order chi connectivity index (χ0) is 44.9. The second-order valence-electron chi connectivity index (χ2n) is 12.0. The Balaban J connectivity index is -0.0000000268. The molecule has 0 saturated heterocycles. The van der Waals surface area contributed by atoms with E-state index in [0.717, 1.165) is 27.8 Å². The largest absolute Gasteiger partial charge is 0.344 e. The topological polar surface area (TPSA) is 4.93 Å². The number of aromatic nitrogens is 1. The van der Waals surface area contributed by atoms with Crippen molar-refractivity contribution in [2.24, 2.45) is 7.05 Å². The molecule has 0 aliphatic rings. The Morgan fingerprint density at radius 2 is 0.585 bits per heavy atom. The van der Waals surface area contributed by atoms with Crippen molar-refractivity contribution in [3.05, 3.63) is 193 Å². The monoisotopic (exact) mass is 2750 g/mol. The van der Waals surface area contributed by atoms with E-state index in [9.17, 15) is 0 Å². The third-order valence-corrected chi connectivity index (χ3v) is 8.71. The minimum absolute atomic E-state index is 0. The van der Waals surface area contributed by atoms with Crippen molar-refractivity contribution in [2.75, 3.05) is 0 Å². The van der Waals surface area contributed by atoms with E-state index < -0.39 is 0 Å². The maximum atomic E-state index is 3.38. The van der Waals surface area contributed by atoms with Gasteiger partial charge in [-0.15, -0.1) is 63.0 Å². The average Bonchev–Trinajstić information content (AvgIpc) is 3.64. The molecule has 0 bridgehead atoms. The molecule has 1 heterocycles. The van der Waals surface area contributed by atoms with Gasteiger partial charge in [0.1, 0.15) is 0 Å². The fourth-order valence-electron chi connectivity index (χ4n) is 6.28. The van der Waals surface area contributed by atoms with Gasteiger partial charge in [-0.2, -0.15) is 66.7 Å². The first-order chi connectivity index (χ1) is 29.6. The van der Waals surface area contributed by atoms with E-state index in [0.29, 0.717) is 0 Å². The van der Waals surface area contributed by atoms with Crippen molar-refractivity contribution < 1.29 is 720 Å². The number of hydrogen-bond acceptors (Lipinski definition) is 0. The second-order valence-corrected chi connectivity index (χ2v) is 12.0. The van der Waals surface area contributed by atoms with Crippen molar-refractivity contribution in [3.8, 4) is 22.3 Å². The summed E-state index contributed by atoms with van der Waals surface area (Å²) >= 11 is 0. The Kier molecular flexibility index (Phi) is 217. The zero-order valence-corrected chi connectivity index (χ0v) is 115. The quantitative estimate of drug-likeness (QED) is 0.152. The van der Waals surface area contributed by atoms with E-state index >= 15 is 0 Å². The molecule has 0 saturated carbocycles. The summed E-state index contributed by atoms with van der Waals surface area (Å²) in [6.07, 6.45) is 0. The fraction of sp³-hybridized carbons (Fsp3) is 0.254. The number of aryl methyl sites for hydroxylation is 3. The summed E-state index contributed by atoms with van der Waals surface area (Å²) in [5.74, 6) is 0. The van der Waals surface area contributed by atoms with Crippen LogP contribution in [0.25, 0.3) is 65.6 Å². The van der Waals surface area contributed by atoms with Crippen LogP contribution < -0.4 is 0 Å². The third kappa shape index (κ3) is 62.3. The minimum Gasteiger partial charge on any atom is -0.344 e. The van der Waals surface area contributed by atoms with Crippen LogP contribution in [-0.4, -0.2) is 4.57 Å². The first-order valence-electron chi connectivity index (χ1n) is 22.3. The second kappa shape index (κ2) is 110. The van der Waals surface area contributed by atoms with Crippen LogP contribution in [0.15, 0.2) is 158 Å². The third-order valence-electron chi connectivity index (χ3n) is 8.71. The predicted octanol–water partition coefficient (Wildman–Crippen LogP) is 18.3. The Morgan fingerprint density at radius 3 is 0.902 bits per heavy atom. The van der Waals surface area contributed by atoms with Crippen LogP contribution in [0, 0.1) is 38.1 Å². The summed E-state index contributed by atoms with van der Waals surface area (Å²) in [4.78, 5) is 0. The smallest absolute Gasteiger partial charge is 0.0488 e. The molecule has 9 aromatic rings. The summed E-state index contributed by atoms with van der Waals surface area (Å²) in [5.41, 5.74) is 9.46. The number of benzene rings is 8. The molecule has 0 fully saturated rings. The van der Waals surface area contributed by atoms with Gasteiger partial charge in [0.05, 0.1) is 0 Å². The van der Waals surface area contributed by atoms with Crippen molar-refractivity contribution in [1.82, 2.24) is 4.57 Å². The van der Waals surface area contributed by atoms with Crippen molar-refractivity contribution in [2.45, 2.75) is 96.9 Å². The molecule has 0 atom stereocenters. The molecule has 0 amide bonds. The number of hydrogen-bond donors (Lipinski definition) is 0. The average molecular weight is 2750 g/mol. The van der Waals surface area contributed by atoms with Crippen LogP contribution in [0.3, 0.4) is 0 Å². The first-order valence-corrected chi connectivity index (χ1v) is 22.3. The molecule has 0 aliphatic heterocycles. The molecular formula is C59H71NY22-4. The summed E-state index contributed by atoms with van der Waals surface area (Å²) < 4.78 is 2.24. The van der Waals surface area contributed by atoms with Crippen LogP contribution in [0.1, 0.15) is 94.2 Å². The van der Waals surface area contributed by atoms with Gasteiger partial charge in [0.15, 0.2) is 0 Å². The molecule has 382 valence electrons. The van der Waals surface area contributed by atoms with Gasteiger partial charge in [-0.05, 0) is 12.1 Å². The number of rotatable bonds is 2. The van der Waals surface area contributed by atoms with E-state index in [-0.39, 0.29) is 720 Å². The van der Waals surface area contributed by atoms with E-state index in [1.54, 1.807) is 0 Å². The van der Waals surface area contributed by atoms with E-state index in [1.807, 2.05) is 101 Å². The van der Waals surface area contributed by atoms with Crippen LogP contribution in [0.4, 0.5) is 0 Å². The van der Waals surface area contributed by atoms with Crippen molar-refractivity contribution in [1.29, 1.82) is 0 Å². The Morgan fingerprint density at radius 1 is 0.280 bits per heavy atom. The SMILES string of the molecule is CC.CC.CC.CC.CC.CC.Cc1[c-]c(-c2[c-]ccc3ccccc23)ccc1.Cc1c[c-]c(-c2[c-]ccc3ccccc23)cc1.Cn1c2ccccc2c2ccccc21.[Y].[Y].[Y].[Y].[Y].[Y].[Y].[Y].[Y].[Y].[Y].[Y].[Y].[Y].[Y].[Y].[Y].[Y].[Y].[Y].[Y].[Y]. The number of nitrogens with zero attached hydrogens (tertiary/aromatic N) is 1. The molecule has 9 rings (SSSR count). The molecule has 0 aliphatic carbocycles. The van der Waals surface area contributed by atoms with E-state index in [2.05, 4.69) is 189 Å². The van der Waals surface area contributed by atoms with Gasteiger partial charge in [-0.3, -0.25) is 0 Å². The normalized spacial score (nSPS) is 6.77. The van der Waals surface area contributed by atoms with Crippen LogP contribution >= 0.6 is 0 Å². The minimum atomic E-state index is 0. The summed E-state index contributed by atoms with van der Waals surface area (Å²) in [7, 11) is 2.12. The van der Waals surface area contributed by atoms with E-state index in [1.165, 1.54) is 48.9 Å². The molecule has 22 radical (unpaired) electrons. The molecule has 0 unspecified atom stereocenters.